The minimum absolute atomic E-state index is 0.0466. The second kappa shape index (κ2) is 8.74. The fourth-order valence-corrected chi connectivity index (χ4v) is 3.25. The molecule has 0 saturated carbocycles. The number of amides is 1. The van der Waals surface area contributed by atoms with Gasteiger partial charge in [0.15, 0.2) is 0 Å². The van der Waals surface area contributed by atoms with Crippen molar-refractivity contribution in [1.29, 1.82) is 0 Å². The Morgan fingerprint density at radius 2 is 1.79 bits per heavy atom. The number of fused-ring (bicyclic) bond motifs is 1. The summed E-state index contributed by atoms with van der Waals surface area (Å²) in [6.45, 7) is 6.92. The molecule has 0 N–H and O–H groups in total. The third-order valence-corrected chi connectivity index (χ3v) is 4.80. The molecular weight excluding hydrogens is 354 g/mol. The molecule has 0 aliphatic rings. The van der Waals surface area contributed by atoms with Crippen LogP contribution >= 0.6 is 0 Å². The SMILES string of the molecule is CCN(CC)C(=O)[C@@H](OC(=O)Cc1coc2cc(C)ccc12)c1ccccc1. The van der Waals surface area contributed by atoms with Crippen molar-refractivity contribution in [3.63, 3.8) is 0 Å². The van der Waals surface area contributed by atoms with Crippen molar-refractivity contribution in [2.75, 3.05) is 13.1 Å². The monoisotopic (exact) mass is 379 g/mol. The lowest BCUT2D eigenvalue weighted by molar-refractivity contribution is -0.160. The normalized spacial score (nSPS) is 12.0. The quantitative estimate of drug-likeness (QED) is 0.570. The summed E-state index contributed by atoms with van der Waals surface area (Å²) >= 11 is 0. The van der Waals surface area contributed by atoms with Crippen LogP contribution in [0.3, 0.4) is 0 Å². The van der Waals surface area contributed by atoms with Crippen LogP contribution in [0.5, 0.6) is 0 Å². The van der Waals surface area contributed by atoms with E-state index in [0.717, 1.165) is 22.1 Å². The van der Waals surface area contributed by atoms with Crippen LogP contribution in [-0.2, 0) is 20.7 Å². The molecule has 5 heteroatoms. The third-order valence-electron chi connectivity index (χ3n) is 4.80. The Bertz CT molecular complexity index is 957. The van der Waals surface area contributed by atoms with E-state index in [1.165, 1.54) is 0 Å². The number of carbonyl (C=O) groups excluding carboxylic acids is 2. The zero-order valence-corrected chi connectivity index (χ0v) is 16.5. The highest BCUT2D eigenvalue weighted by molar-refractivity contribution is 5.88. The van der Waals surface area contributed by atoms with Crippen molar-refractivity contribution >= 4 is 22.8 Å². The largest absolute Gasteiger partial charge is 0.464 e. The first kappa shape index (κ1) is 19.7. The first-order valence-electron chi connectivity index (χ1n) is 9.53. The van der Waals surface area contributed by atoms with E-state index in [-0.39, 0.29) is 12.3 Å². The van der Waals surface area contributed by atoms with Gasteiger partial charge in [0.05, 0.1) is 12.7 Å². The number of hydrogen-bond acceptors (Lipinski definition) is 4. The van der Waals surface area contributed by atoms with E-state index in [9.17, 15) is 9.59 Å². The number of carbonyl (C=O) groups is 2. The summed E-state index contributed by atoms with van der Waals surface area (Å²) in [5, 5.41) is 0.883. The molecule has 0 spiro atoms. The first-order chi connectivity index (χ1) is 13.5. The topological polar surface area (TPSA) is 59.8 Å². The number of aryl methyl sites for hydroxylation is 1. The molecule has 0 unspecified atom stereocenters. The smallest absolute Gasteiger partial charge is 0.311 e. The number of benzene rings is 2. The number of rotatable bonds is 7. The van der Waals surface area contributed by atoms with Gasteiger partial charge in [0, 0.05) is 29.6 Å². The van der Waals surface area contributed by atoms with E-state index in [1.54, 1.807) is 23.3 Å². The van der Waals surface area contributed by atoms with E-state index < -0.39 is 12.1 Å². The van der Waals surface area contributed by atoms with E-state index in [4.69, 9.17) is 9.15 Å². The molecule has 1 aromatic heterocycles. The molecule has 0 bridgehead atoms. The minimum atomic E-state index is -0.950. The van der Waals surface area contributed by atoms with Gasteiger partial charge in [-0.15, -0.1) is 0 Å². The van der Waals surface area contributed by atoms with Gasteiger partial charge in [0.2, 0.25) is 6.10 Å². The molecule has 28 heavy (non-hydrogen) atoms. The Hall–Kier alpha value is -3.08. The Balaban J connectivity index is 1.81. The van der Waals surface area contributed by atoms with Gasteiger partial charge in [-0.05, 0) is 32.4 Å². The number of furan rings is 1. The van der Waals surface area contributed by atoms with Crippen molar-refractivity contribution in [3.8, 4) is 0 Å². The van der Waals surface area contributed by atoms with Crippen molar-refractivity contribution in [1.82, 2.24) is 4.90 Å². The summed E-state index contributed by atoms with van der Waals surface area (Å²) in [5.41, 5.74) is 3.24. The first-order valence-corrected chi connectivity index (χ1v) is 9.53. The fraction of sp³-hybridized carbons (Fsp3) is 0.304. The third kappa shape index (κ3) is 4.25. The minimum Gasteiger partial charge on any atom is -0.464 e. The fourth-order valence-electron chi connectivity index (χ4n) is 3.25. The second-order valence-electron chi connectivity index (χ2n) is 6.73. The van der Waals surface area contributed by atoms with Gasteiger partial charge in [0.1, 0.15) is 5.58 Å². The van der Waals surface area contributed by atoms with E-state index in [1.807, 2.05) is 57.2 Å². The molecule has 0 radical (unpaired) electrons. The number of ether oxygens (including phenoxy) is 1. The van der Waals surface area contributed by atoms with Crippen LogP contribution in [0.1, 0.15) is 36.6 Å². The van der Waals surface area contributed by atoms with Gasteiger partial charge in [-0.1, -0.05) is 42.5 Å². The Labute approximate surface area is 164 Å². The Morgan fingerprint density at radius 1 is 1.07 bits per heavy atom. The number of nitrogens with zero attached hydrogens (tertiary/aromatic N) is 1. The summed E-state index contributed by atoms with van der Waals surface area (Å²) in [5.74, 6) is -0.671. The lowest BCUT2D eigenvalue weighted by Crippen LogP contribution is -2.36. The molecule has 2 aromatic carbocycles. The van der Waals surface area contributed by atoms with Crippen LogP contribution in [0.15, 0.2) is 59.2 Å². The van der Waals surface area contributed by atoms with Gasteiger partial charge in [-0.2, -0.15) is 0 Å². The number of likely N-dealkylation sites (N-methyl/N-ethyl adjacent to an activating group) is 1. The standard InChI is InChI=1S/C23H25NO4/c1-4-24(5-2)23(26)22(17-9-7-6-8-10-17)28-21(25)14-18-15-27-20-13-16(3)11-12-19(18)20/h6-13,15,22H,4-5,14H2,1-3H3/t22-/m0/s1. The molecule has 1 heterocycles. The van der Waals surface area contributed by atoms with Crippen molar-refractivity contribution in [2.45, 2.75) is 33.3 Å². The van der Waals surface area contributed by atoms with Crippen LogP contribution in [-0.4, -0.2) is 29.9 Å². The van der Waals surface area contributed by atoms with Crippen LogP contribution in [0.25, 0.3) is 11.0 Å². The average molecular weight is 379 g/mol. The Morgan fingerprint density at radius 3 is 2.46 bits per heavy atom. The average Bonchev–Trinajstić information content (AvgIpc) is 3.09. The van der Waals surface area contributed by atoms with Crippen LogP contribution in [0.4, 0.5) is 0 Å². The maximum absolute atomic E-state index is 12.9. The molecular formula is C23H25NO4. The molecule has 1 atom stereocenters. The van der Waals surface area contributed by atoms with E-state index in [0.29, 0.717) is 18.7 Å². The molecule has 3 rings (SSSR count). The van der Waals surface area contributed by atoms with Crippen molar-refractivity contribution in [2.24, 2.45) is 0 Å². The summed E-state index contributed by atoms with van der Waals surface area (Å²) in [6.07, 6.45) is 0.675. The molecule has 146 valence electrons. The molecule has 5 nitrogen and oxygen atoms in total. The van der Waals surface area contributed by atoms with Crippen LogP contribution in [0.2, 0.25) is 0 Å². The highest BCUT2D eigenvalue weighted by Gasteiger charge is 2.28. The lowest BCUT2D eigenvalue weighted by Gasteiger charge is -2.25. The summed E-state index contributed by atoms with van der Waals surface area (Å²) in [7, 11) is 0. The number of esters is 1. The van der Waals surface area contributed by atoms with Gasteiger partial charge in [-0.25, -0.2) is 0 Å². The maximum atomic E-state index is 12.9. The molecule has 0 fully saturated rings. The lowest BCUT2D eigenvalue weighted by atomic mass is 10.1. The predicted molar refractivity (Wildman–Crippen MR) is 108 cm³/mol. The zero-order chi connectivity index (χ0) is 20.1. The van der Waals surface area contributed by atoms with Gasteiger partial charge >= 0.3 is 5.97 Å². The molecule has 0 aliphatic carbocycles. The predicted octanol–water partition coefficient (Wildman–Crippen LogP) is 4.44. The van der Waals surface area contributed by atoms with Crippen molar-refractivity contribution < 1.29 is 18.7 Å². The van der Waals surface area contributed by atoms with Crippen LogP contribution in [0, 0.1) is 6.92 Å². The molecule has 3 aromatic rings. The Kier molecular flexibility index (Phi) is 6.14. The molecule has 0 saturated heterocycles. The highest BCUT2D eigenvalue weighted by Crippen LogP contribution is 2.25. The van der Waals surface area contributed by atoms with Gasteiger partial charge in [0.25, 0.3) is 5.91 Å². The highest BCUT2D eigenvalue weighted by atomic mass is 16.5. The summed E-state index contributed by atoms with van der Waals surface area (Å²) in [4.78, 5) is 27.3. The molecule has 1 amide bonds. The van der Waals surface area contributed by atoms with Crippen molar-refractivity contribution in [3.05, 3.63) is 71.5 Å². The zero-order valence-electron chi connectivity index (χ0n) is 16.5. The maximum Gasteiger partial charge on any atom is 0.311 e. The van der Waals surface area contributed by atoms with Gasteiger partial charge < -0.3 is 14.1 Å². The van der Waals surface area contributed by atoms with Crippen LogP contribution < -0.4 is 0 Å². The summed E-state index contributed by atoms with van der Waals surface area (Å²) < 4.78 is 11.2. The van der Waals surface area contributed by atoms with E-state index in [2.05, 4.69) is 0 Å². The second-order valence-corrected chi connectivity index (χ2v) is 6.73. The molecule has 0 aliphatic heterocycles. The summed E-state index contributed by atoms with van der Waals surface area (Å²) in [6, 6.07) is 15.0. The van der Waals surface area contributed by atoms with E-state index >= 15 is 0 Å². The number of hydrogen-bond donors (Lipinski definition) is 0. The van der Waals surface area contributed by atoms with Gasteiger partial charge in [-0.3, -0.25) is 9.59 Å².